The van der Waals surface area contributed by atoms with Crippen LogP contribution in [0, 0.1) is 23.2 Å². The summed E-state index contributed by atoms with van der Waals surface area (Å²) >= 11 is 0. The van der Waals surface area contributed by atoms with Crippen molar-refractivity contribution in [3.63, 3.8) is 0 Å². The monoisotopic (exact) mass is 495 g/mol. The summed E-state index contributed by atoms with van der Waals surface area (Å²) in [5, 5.41) is 19.1. The minimum atomic E-state index is -2.72. The van der Waals surface area contributed by atoms with Gasteiger partial charge in [-0.05, 0) is 77.9 Å². The number of rotatable bonds is 6. The number of amides is 1. The Morgan fingerprint density at radius 2 is 1.89 bits per heavy atom. The molecule has 3 unspecified atom stereocenters. The first-order valence-corrected chi connectivity index (χ1v) is 13.3. The predicted molar refractivity (Wildman–Crippen MR) is 137 cm³/mol. The lowest BCUT2D eigenvalue weighted by atomic mass is 9.53. The maximum absolute atomic E-state index is 15.5. The smallest absolute Gasteiger partial charge is 0.423 e. The van der Waals surface area contributed by atoms with Gasteiger partial charge >= 0.3 is 7.12 Å². The standard InChI is InChI=1S/C29H36BF2NO3/c1-28-15-14-24-23-12-10-22(30(35)36)16-20(23)8-11-25(24)27(28)21(17-29(28,31)32)9-13-26(34)33(2)18-19-6-4-3-5-7-19/h3-7,10,12,16,21,24-25,27,35-36H,8-9,11,13-15,17-18H2,1-2H3/t21-,24?,25?,27?,28+/m1/s1. The quantitative estimate of drug-likeness (QED) is 0.580. The van der Waals surface area contributed by atoms with Gasteiger partial charge in [0.15, 0.2) is 0 Å². The van der Waals surface area contributed by atoms with Gasteiger partial charge in [0.1, 0.15) is 0 Å². The zero-order valence-electron chi connectivity index (χ0n) is 21.2. The first-order chi connectivity index (χ1) is 17.1. The van der Waals surface area contributed by atoms with E-state index in [0.717, 1.165) is 30.4 Å². The average molecular weight is 495 g/mol. The van der Waals surface area contributed by atoms with Crippen LogP contribution in [0.15, 0.2) is 48.5 Å². The van der Waals surface area contributed by atoms with E-state index in [1.807, 2.05) is 42.5 Å². The van der Waals surface area contributed by atoms with Gasteiger partial charge in [0, 0.05) is 31.8 Å². The van der Waals surface area contributed by atoms with E-state index < -0.39 is 18.5 Å². The van der Waals surface area contributed by atoms with Gasteiger partial charge in [-0.15, -0.1) is 0 Å². The molecule has 36 heavy (non-hydrogen) atoms. The minimum absolute atomic E-state index is 0.00668. The lowest BCUT2D eigenvalue weighted by Crippen LogP contribution is -2.48. The number of hydrogen-bond donors (Lipinski definition) is 2. The number of benzene rings is 2. The molecule has 3 aliphatic rings. The molecular formula is C29H36BF2NO3. The van der Waals surface area contributed by atoms with E-state index >= 15 is 8.78 Å². The third kappa shape index (κ3) is 4.39. The second-order valence-corrected chi connectivity index (χ2v) is 11.6. The highest BCUT2D eigenvalue weighted by atomic mass is 19.3. The van der Waals surface area contributed by atoms with Gasteiger partial charge in [-0.25, -0.2) is 8.78 Å². The number of fused-ring (bicyclic) bond motifs is 5. The van der Waals surface area contributed by atoms with E-state index in [2.05, 4.69) is 0 Å². The fourth-order valence-electron chi connectivity index (χ4n) is 7.73. The molecule has 0 spiro atoms. The molecule has 0 bridgehead atoms. The van der Waals surface area contributed by atoms with Gasteiger partial charge in [0.25, 0.3) is 5.92 Å². The predicted octanol–water partition coefficient (Wildman–Crippen LogP) is 4.52. The number of alkyl halides is 2. The Balaban J connectivity index is 1.33. The van der Waals surface area contributed by atoms with Crippen LogP contribution >= 0.6 is 0 Å². The van der Waals surface area contributed by atoms with Gasteiger partial charge in [-0.3, -0.25) is 4.79 Å². The van der Waals surface area contributed by atoms with E-state index in [0.29, 0.717) is 31.3 Å². The molecule has 7 heteroatoms. The maximum Gasteiger partial charge on any atom is 0.488 e. The van der Waals surface area contributed by atoms with Crippen molar-refractivity contribution < 1.29 is 23.6 Å². The summed E-state index contributed by atoms with van der Waals surface area (Å²) in [5.74, 6) is -2.63. The number of hydrogen-bond acceptors (Lipinski definition) is 3. The molecule has 192 valence electrons. The molecule has 1 amide bonds. The normalized spacial score (nSPS) is 30.2. The Morgan fingerprint density at radius 3 is 2.61 bits per heavy atom. The zero-order valence-corrected chi connectivity index (χ0v) is 21.2. The second-order valence-electron chi connectivity index (χ2n) is 11.6. The van der Waals surface area contributed by atoms with Crippen molar-refractivity contribution >= 4 is 18.5 Å². The Morgan fingerprint density at radius 1 is 1.14 bits per heavy atom. The van der Waals surface area contributed by atoms with Crippen molar-refractivity contribution in [2.24, 2.45) is 23.2 Å². The van der Waals surface area contributed by atoms with E-state index in [1.165, 1.54) is 5.56 Å². The van der Waals surface area contributed by atoms with Crippen LogP contribution in [0.3, 0.4) is 0 Å². The highest BCUT2D eigenvalue weighted by Gasteiger charge is 2.67. The molecule has 2 N–H and O–H groups in total. The van der Waals surface area contributed by atoms with Crippen LogP contribution in [-0.4, -0.2) is 40.9 Å². The van der Waals surface area contributed by atoms with Crippen LogP contribution in [0.2, 0.25) is 0 Å². The number of carbonyl (C=O) groups is 1. The average Bonchev–Trinajstić information content (AvgIpc) is 3.07. The summed E-state index contributed by atoms with van der Waals surface area (Å²) in [6.45, 7) is 2.31. The molecule has 5 rings (SSSR count). The summed E-state index contributed by atoms with van der Waals surface area (Å²) in [5.41, 5.74) is 2.81. The molecule has 0 heterocycles. The number of nitrogens with zero attached hydrogens (tertiary/aromatic N) is 1. The summed E-state index contributed by atoms with van der Waals surface area (Å²) in [6, 6.07) is 15.4. The SMILES string of the molecule is CN(Cc1ccccc1)C(=O)CC[C@@H]1CC(F)(F)[C@@]2(C)CCC3c4ccc(B(O)O)cc4CCC3C12. The lowest BCUT2D eigenvalue weighted by molar-refractivity contribution is -0.133. The molecule has 2 aromatic rings. The first kappa shape index (κ1) is 25.4. The van der Waals surface area contributed by atoms with Crippen molar-refractivity contribution in [1.82, 2.24) is 4.90 Å². The largest absolute Gasteiger partial charge is 0.488 e. The number of aryl methyl sites for hydroxylation is 1. The Kier molecular flexibility index (Phi) is 6.75. The van der Waals surface area contributed by atoms with Crippen LogP contribution in [0.4, 0.5) is 8.78 Å². The van der Waals surface area contributed by atoms with E-state index in [4.69, 9.17) is 0 Å². The first-order valence-electron chi connectivity index (χ1n) is 13.3. The molecule has 5 atom stereocenters. The highest BCUT2D eigenvalue weighted by Crippen LogP contribution is 2.68. The molecule has 2 fully saturated rings. The second kappa shape index (κ2) is 9.57. The Hall–Kier alpha value is -2.25. The van der Waals surface area contributed by atoms with Gasteiger partial charge < -0.3 is 14.9 Å². The Labute approximate surface area is 212 Å². The van der Waals surface area contributed by atoms with Crippen LogP contribution in [0.1, 0.15) is 68.1 Å². The highest BCUT2D eigenvalue weighted by molar-refractivity contribution is 6.58. The lowest BCUT2D eigenvalue weighted by Gasteiger charge is -2.51. The summed E-state index contributed by atoms with van der Waals surface area (Å²) in [4.78, 5) is 14.6. The van der Waals surface area contributed by atoms with E-state index in [9.17, 15) is 14.8 Å². The third-order valence-corrected chi connectivity index (χ3v) is 9.58. The van der Waals surface area contributed by atoms with Crippen LogP contribution in [-0.2, 0) is 17.8 Å². The number of halogens is 2. The molecule has 4 nitrogen and oxygen atoms in total. The summed E-state index contributed by atoms with van der Waals surface area (Å²) in [7, 11) is 0.285. The molecule has 0 radical (unpaired) electrons. The summed E-state index contributed by atoms with van der Waals surface area (Å²) < 4.78 is 31.1. The topological polar surface area (TPSA) is 60.8 Å². The molecular weight excluding hydrogens is 459 g/mol. The molecule has 3 aliphatic carbocycles. The minimum Gasteiger partial charge on any atom is -0.423 e. The van der Waals surface area contributed by atoms with Gasteiger partial charge in [0.2, 0.25) is 5.91 Å². The third-order valence-electron chi connectivity index (χ3n) is 9.58. The van der Waals surface area contributed by atoms with Crippen molar-refractivity contribution in [2.45, 2.75) is 70.3 Å². The fourth-order valence-corrected chi connectivity index (χ4v) is 7.73. The van der Waals surface area contributed by atoms with Crippen LogP contribution in [0.25, 0.3) is 0 Å². The van der Waals surface area contributed by atoms with Gasteiger partial charge in [-0.2, -0.15) is 0 Å². The number of carbonyl (C=O) groups excluding carboxylic acids is 1. The van der Waals surface area contributed by atoms with Crippen molar-refractivity contribution in [2.75, 3.05) is 7.05 Å². The molecule has 0 aliphatic heterocycles. The van der Waals surface area contributed by atoms with Crippen molar-refractivity contribution in [3.05, 3.63) is 65.2 Å². The molecule has 0 saturated heterocycles. The van der Waals surface area contributed by atoms with E-state index in [1.54, 1.807) is 24.9 Å². The maximum atomic E-state index is 15.5. The van der Waals surface area contributed by atoms with Crippen molar-refractivity contribution in [1.29, 1.82) is 0 Å². The molecule has 0 aromatic heterocycles. The van der Waals surface area contributed by atoms with E-state index in [-0.39, 0.29) is 36.0 Å². The molecule has 2 aromatic carbocycles. The van der Waals surface area contributed by atoms with Gasteiger partial charge in [0.05, 0.1) is 0 Å². The van der Waals surface area contributed by atoms with Crippen LogP contribution < -0.4 is 5.46 Å². The Bertz CT molecular complexity index is 1110. The fraction of sp³-hybridized carbons (Fsp3) is 0.552. The van der Waals surface area contributed by atoms with Crippen molar-refractivity contribution in [3.8, 4) is 0 Å². The van der Waals surface area contributed by atoms with Crippen LogP contribution in [0.5, 0.6) is 0 Å². The zero-order chi connectivity index (χ0) is 25.7. The molecule has 2 saturated carbocycles. The summed E-state index contributed by atoms with van der Waals surface area (Å²) in [6.07, 6.45) is 3.47. The van der Waals surface area contributed by atoms with Gasteiger partial charge in [-0.1, -0.05) is 55.5 Å².